The lowest BCUT2D eigenvalue weighted by Crippen LogP contribution is -2.17. The highest BCUT2D eigenvalue weighted by molar-refractivity contribution is 8.01. The molecule has 2 rings (SSSR count). The van der Waals surface area contributed by atoms with Crippen LogP contribution >= 0.6 is 11.9 Å². The highest BCUT2D eigenvalue weighted by Crippen LogP contribution is 2.33. The van der Waals surface area contributed by atoms with Gasteiger partial charge in [-0.15, -0.1) is 5.73 Å². The van der Waals surface area contributed by atoms with Crippen molar-refractivity contribution in [3.8, 4) is 0 Å². The molecule has 0 fully saturated rings. The molecule has 0 atom stereocenters. The van der Waals surface area contributed by atoms with Gasteiger partial charge in [0.25, 0.3) is 0 Å². The maximum Gasteiger partial charge on any atom is 0.416 e. The summed E-state index contributed by atoms with van der Waals surface area (Å²) in [6, 6.07) is 10.6. The molecule has 0 aromatic heterocycles. The van der Waals surface area contributed by atoms with Crippen LogP contribution in [-0.4, -0.2) is 17.4 Å². The SMILES string of the molecule is C=C=C/C(=C/c1ccc(CCc2ccc(C(F)(F)F)cc2C(C)C)c(C)c1)SN(CCC)CCC. The number of rotatable bonds is 12. The quantitative estimate of drug-likeness (QED) is 0.162. The molecule has 0 bridgehead atoms. The summed E-state index contributed by atoms with van der Waals surface area (Å²) in [5, 5.41) is 0. The summed E-state index contributed by atoms with van der Waals surface area (Å²) < 4.78 is 41.9. The second-order valence-electron chi connectivity index (χ2n) is 9.17. The largest absolute Gasteiger partial charge is 0.416 e. The fraction of sp³-hybridized carbons (Fsp3) is 0.433. The Labute approximate surface area is 214 Å². The number of hydrogen-bond donors (Lipinski definition) is 0. The minimum absolute atomic E-state index is 0.0368. The van der Waals surface area contributed by atoms with Crippen LogP contribution in [0.3, 0.4) is 0 Å². The third-order valence-electron chi connectivity index (χ3n) is 5.86. The first-order valence-corrected chi connectivity index (χ1v) is 13.2. The van der Waals surface area contributed by atoms with Gasteiger partial charge in [-0.05, 0) is 103 Å². The predicted molar refractivity (Wildman–Crippen MR) is 146 cm³/mol. The molecule has 0 spiro atoms. The fourth-order valence-corrected chi connectivity index (χ4v) is 5.28. The van der Waals surface area contributed by atoms with Crippen LogP contribution in [0.1, 0.15) is 79.8 Å². The fourth-order valence-electron chi connectivity index (χ4n) is 4.11. The van der Waals surface area contributed by atoms with E-state index >= 15 is 0 Å². The molecule has 0 amide bonds. The Morgan fingerprint density at radius 1 is 1.03 bits per heavy atom. The van der Waals surface area contributed by atoms with Crippen LogP contribution < -0.4 is 0 Å². The Kier molecular flexibility index (Phi) is 11.4. The molecule has 0 aliphatic carbocycles. The summed E-state index contributed by atoms with van der Waals surface area (Å²) >= 11 is 1.74. The summed E-state index contributed by atoms with van der Waals surface area (Å²) in [6.45, 7) is 16.2. The maximum absolute atomic E-state index is 13.2. The van der Waals surface area contributed by atoms with Crippen molar-refractivity contribution in [2.75, 3.05) is 13.1 Å². The smallest absolute Gasteiger partial charge is 0.246 e. The average Bonchev–Trinajstić information content (AvgIpc) is 2.78. The third kappa shape index (κ3) is 9.07. The lowest BCUT2D eigenvalue weighted by molar-refractivity contribution is -0.137. The van der Waals surface area contributed by atoms with Crippen molar-refractivity contribution in [3.63, 3.8) is 0 Å². The van der Waals surface area contributed by atoms with Crippen molar-refractivity contribution in [1.29, 1.82) is 0 Å². The first kappa shape index (κ1) is 29.0. The Morgan fingerprint density at radius 2 is 1.66 bits per heavy atom. The van der Waals surface area contributed by atoms with Crippen molar-refractivity contribution in [3.05, 3.63) is 93.1 Å². The van der Waals surface area contributed by atoms with E-state index < -0.39 is 11.7 Å². The number of hydrogen-bond acceptors (Lipinski definition) is 2. The first-order valence-electron chi connectivity index (χ1n) is 12.4. The second kappa shape index (κ2) is 13.8. The Morgan fingerprint density at radius 3 is 2.20 bits per heavy atom. The molecule has 0 heterocycles. The molecule has 2 aromatic rings. The summed E-state index contributed by atoms with van der Waals surface area (Å²) in [5.74, 6) is 0.0368. The minimum Gasteiger partial charge on any atom is -0.246 e. The molecule has 0 N–H and O–H groups in total. The van der Waals surface area contributed by atoms with Crippen LogP contribution in [-0.2, 0) is 19.0 Å². The van der Waals surface area contributed by atoms with E-state index in [1.54, 1.807) is 18.0 Å². The number of nitrogens with zero attached hydrogens (tertiary/aromatic N) is 1. The molecule has 2 aromatic carbocycles. The van der Waals surface area contributed by atoms with E-state index in [1.807, 2.05) is 19.9 Å². The van der Waals surface area contributed by atoms with Gasteiger partial charge in [0, 0.05) is 18.0 Å². The normalized spacial score (nSPS) is 12.3. The van der Waals surface area contributed by atoms with E-state index in [2.05, 4.69) is 61.7 Å². The Bertz CT molecular complexity index is 1040. The van der Waals surface area contributed by atoms with E-state index in [0.717, 1.165) is 53.9 Å². The maximum atomic E-state index is 13.2. The molecule has 0 aliphatic heterocycles. The lowest BCUT2D eigenvalue weighted by atomic mass is 9.90. The Hall–Kier alpha value is -2.20. The molecule has 1 nitrogen and oxygen atoms in total. The molecule has 0 saturated heterocycles. The van der Waals surface area contributed by atoms with Crippen molar-refractivity contribution in [2.24, 2.45) is 0 Å². The zero-order chi connectivity index (χ0) is 26.0. The molecule has 0 unspecified atom stereocenters. The highest BCUT2D eigenvalue weighted by atomic mass is 32.2. The van der Waals surface area contributed by atoms with E-state index in [4.69, 9.17) is 0 Å². The van der Waals surface area contributed by atoms with Crippen LogP contribution in [0.5, 0.6) is 0 Å². The van der Waals surface area contributed by atoms with Gasteiger partial charge in [-0.25, -0.2) is 4.31 Å². The van der Waals surface area contributed by atoms with E-state index in [9.17, 15) is 13.2 Å². The van der Waals surface area contributed by atoms with Crippen LogP contribution in [0.2, 0.25) is 0 Å². The number of halogens is 3. The van der Waals surface area contributed by atoms with Crippen LogP contribution in [0.4, 0.5) is 13.2 Å². The number of alkyl halides is 3. The van der Waals surface area contributed by atoms with Crippen molar-refractivity contribution in [2.45, 2.75) is 72.4 Å². The summed E-state index contributed by atoms with van der Waals surface area (Å²) in [6.07, 6.45) is 3.46. The van der Waals surface area contributed by atoms with Crippen molar-refractivity contribution in [1.82, 2.24) is 4.31 Å². The number of benzene rings is 2. The van der Waals surface area contributed by atoms with Gasteiger partial charge in [-0.1, -0.05) is 58.5 Å². The van der Waals surface area contributed by atoms with E-state index in [1.165, 1.54) is 23.3 Å². The lowest BCUT2D eigenvalue weighted by Gasteiger charge is -2.20. The highest BCUT2D eigenvalue weighted by Gasteiger charge is 2.31. The van der Waals surface area contributed by atoms with Crippen molar-refractivity contribution < 1.29 is 13.2 Å². The second-order valence-corrected chi connectivity index (χ2v) is 10.3. The summed E-state index contributed by atoms with van der Waals surface area (Å²) in [4.78, 5) is 1.10. The zero-order valence-electron chi connectivity index (χ0n) is 21.6. The average molecular weight is 502 g/mol. The molecule has 5 heteroatoms. The van der Waals surface area contributed by atoms with Gasteiger partial charge in [-0.2, -0.15) is 13.2 Å². The van der Waals surface area contributed by atoms with Crippen molar-refractivity contribution >= 4 is 18.0 Å². The standard InChI is InChI=1S/C30H38F3NS/c1-7-10-28(35-34(17-8-2)18-9-3)20-24-11-12-25(23(6)19-24)13-14-26-15-16-27(30(31,32)33)21-29(26)22(4)5/h10-12,15-16,19-22H,1,8-9,13-14,17-18H2,2-6H3/b28-20-. The van der Waals surface area contributed by atoms with Gasteiger partial charge in [0.2, 0.25) is 0 Å². The zero-order valence-corrected chi connectivity index (χ0v) is 22.5. The molecule has 0 saturated carbocycles. The monoisotopic (exact) mass is 501 g/mol. The third-order valence-corrected chi connectivity index (χ3v) is 6.93. The van der Waals surface area contributed by atoms with Gasteiger partial charge in [-0.3, -0.25) is 0 Å². The molecular formula is C30H38F3NS. The van der Waals surface area contributed by atoms with Gasteiger partial charge < -0.3 is 0 Å². The molecule has 0 radical (unpaired) electrons. The molecule has 190 valence electrons. The molecular weight excluding hydrogens is 463 g/mol. The molecule has 35 heavy (non-hydrogen) atoms. The summed E-state index contributed by atoms with van der Waals surface area (Å²) in [5.41, 5.74) is 7.61. The van der Waals surface area contributed by atoms with Gasteiger partial charge in [0.15, 0.2) is 0 Å². The topological polar surface area (TPSA) is 3.24 Å². The van der Waals surface area contributed by atoms with E-state index in [-0.39, 0.29) is 5.92 Å². The Balaban J connectivity index is 2.21. The minimum atomic E-state index is -4.32. The van der Waals surface area contributed by atoms with Gasteiger partial charge in [0.05, 0.1) is 5.56 Å². The predicted octanol–water partition coefficient (Wildman–Crippen LogP) is 9.37. The summed E-state index contributed by atoms with van der Waals surface area (Å²) in [7, 11) is 0. The number of allylic oxidation sites excluding steroid dienone is 1. The number of aryl methyl sites for hydroxylation is 3. The van der Waals surface area contributed by atoms with Gasteiger partial charge in [0.1, 0.15) is 0 Å². The van der Waals surface area contributed by atoms with Crippen LogP contribution in [0.25, 0.3) is 6.08 Å². The van der Waals surface area contributed by atoms with Crippen LogP contribution in [0.15, 0.2) is 59.7 Å². The van der Waals surface area contributed by atoms with Gasteiger partial charge >= 0.3 is 6.18 Å². The molecule has 0 aliphatic rings. The van der Waals surface area contributed by atoms with Crippen LogP contribution in [0, 0.1) is 6.92 Å². The first-order chi connectivity index (χ1) is 16.6. The van der Waals surface area contributed by atoms with E-state index in [0.29, 0.717) is 6.42 Å².